The van der Waals surface area contributed by atoms with Crippen LogP contribution in [0.15, 0.2) is 53.8 Å². The molecule has 4 unspecified atom stereocenters. The minimum Gasteiger partial charge on any atom is -0.494 e. The first kappa shape index (κ1) is 27.9. The number of hydrogen-bond donors (Lipinski definition) is 3. The van der Waals surface area contributed by atoms with Gasteiger partial charge in [-0.3, -0.25) is 4.79 Å². The Bertz CT molecular complexity index is 1500. The van der Waals surface area contributed by atoms with Crippen molar-refractivity contribution in [2.45, 2.75) is 75.0 Å². The van der Waals surface area contributed by atoms with Gasteiger partial charge in [-0.05, 0) is 50.7 Å². The van der Waals surface area contributed by atoms with Gasteiger partial charge < -0.3 is 25.2 Å². The standard InChI is InChI=1S/C33H35ClF2N2O4/c1-32(40)10-8-18(9-11-32)38-16-33(17-6-4-3-5-7-17)15-21-24(42-33)14-22(35)29(34)27(21)28-20(31(39)37-2)13-25-26(30(28)36)19-12-23(19)41-25/h3-7,13-14,18-19,23,26,30,38,40H,8-12,15-16H2,1-2H3,(H,37,39)/t18?,19?,23?,26?,30?,32?,33-/m1/s1. The van der Waals surface area contributed by atoms with E-state index in [4.69, 9.17) is 21.1 Å². The molecule has 6 nitrogen and oxygen atoms in total. The Balaban J connectivity index is 1.31. The number of nitrogens with one attached hydrogen (secondary N) is 2. The van der Waals surface area contributed by atoms with Crippen molar-refractivity contribution in [1.82, 2.24) is 10.6 Å². The van der Waals surface area contributed by atoms with Gasteiger partial charge in [0.25, 0.3) is 5.91 Å². The Kier molecular flexibility index (Phi) is 6.68. The van der Waals surface area contributed by atoms with E-state index in [1.807, 2.05) is 37.3 Å². The summed E-state index contributed by atoms with van der Waals surface area (Å²) in [4.78, 5) is 13.1. The third kappa shape index (κ3) is 4.54. The van der Waals surface area contributed by atoms with Gasteiger partial charge in [-0.1, -0.05) is 41.9 Å². The molecule has 5 aliphatic rings. The van der Waals surface area contributed by atoms with Crippen molar-refractivity contribution in [3.05, 3.63) is 81.3 Å². The van der Waals surface area contributed by atoms with Gasteiger partial charge in [-0.2, -0.15) is 0 Å². The molecule has 3 fully saturated rings. The molecule has 2 aromatic rings. The average Bonchev–Trinajstić information content (AvgIpc) is 3.48. The van der Waals surface area contributed by atoms with Crippen LogP contribution in [0.3, 0.4) is 0 Å². The van der Waals surface area contributed by atoms with Crippen molar-refractivity contribution in [2.24, 2.45) is 11.8 Å². The van der Waals surface area contributed by atoms with E-state index in [9.17, 15) is 9.90 Å². The molecule has 42 heavy (non-hydrogen) atoms. The van der Waals surface area contributed by atoms with E-state index in [2.05, 4.69) is 10.6 Å². The van der Waals surface area contributed by atoms with Crippen LogP contribution in [0, 0.1) is 17.7 Å². The van der Waals surface area contributed by atoms with Gasteiger partial charge in [0.05, 0.1) is 16.5 Å². The number of ether oxygens (including phenoxy) is 2. The van der Waals surface area contributed by atoms with Gasteiger partial charge in [-0.15, -0.1) is 0 Å². The summed E-state index contributed by atoms with van der Waals surface area (Å²) >= 11 is 6.69. The number of amides is 1. The first-order valence-electron chi connectivity index (χ1n) is 14.8. The molecule has 222 valence electrons. The molecule has 3 aliphatic carbocycles. The number of carbonyl (C=O) groups is 1. The van der Waals surface area contributed by atoms with Crippen LogP contribution >= 0.6 is 11.6 Å². The molecule has 0 bridgehead atoms. The SMILES string of the molecule is CNC(=O)C1=C(c2c(Cl)c(F)cc3c2C[C@@](CNC2CCC(C)(O)CC2)(c2ccccc2)O3)C(F)C2C(=C1)OC1CC12. The molecule has 2 heterocycles. The number of aliphatic hydroxyl groups is 1. The molecule has 1 saturated heterocycles. The second kappa shape index (κ2) is 10.1. The van der Waals surface area contributed by atoms with Crippen LogP contribution in [-0.2, 0) is 21.6 Å². The van der Waals surface area contributed by atoms with E-state index in [0.717, 1.165) is 24.8 Å². The minimum absolute atomic E-state index is 0.0352. The molecule has 2 saturated carbocycles. The second-order valence-electron chi connectivity index (χ2n) is 12.8. The summed E-state index contributed by atoms with van der Waals surface area (Å²) in [6.07, 6.45) is 4.10. The van der Waals surface area contributed by atoms with Crippen molar-refractivity contribution in [1.29, 1.82) is 0 Å². The fourth-order valence-electron chi connectivity index (χ4n) is 7.38. The molecule has 2 aliphatic heterocycles. The first-order valence-corrected chi connectivity index (χ1v) is 15.2. The molecular weight excluding hydrogens is 562 g/mol. The van der Waals surface area contributed by atoms with Gasteiger partial charge in [-0.25, -0.2) is 8.78 Å². The van der Waals surface area contributed by atoms with Crippen LogP contribution in [0.1, 0.15) is 55.7 Å². The Hall–Kier alpha value is -2.94. The summed E-state index contributed by atoms with van der Waals surface area (Å²) in [6, 6.07) is 11.2. The zero-order valence-electron chi connectivity index (χ0n) is 23.7. The highest BCUT2D eigenvalue weighted by Gasteiger charge is 2.59. The average molecular weight is 597 g/mol. The van der Waals surface area contributed by atoms with Gasteiger partial charge in [0.2, 0.25) is 0 Å². The molecule has 9 heteroatoms. The zero-order chi connectivity index (χ0) is 29.4. The second-order valence-corrected chi connectivity index (χ2v) is 13.1. The topological polar surface area (TPSA) is 79.8 Å². The Morgan fingerprint density at radius 1 is 1.21 bits per heavy atom. The van der Waals surface area contributed by atoms with Gasteiger partial charge in [0, 0.05) is 60.3 Å². The fraction of sp³-hybridized carbons (Fsp3) is 0.485. The van der Waals surface area contributed by atoms with E-state index in [1.54, 1.807) is 6.08 Å². The number of hydrogen-bond acceptors (Lipinski definition) is 5. The summed E-state index contributed by atoms with van der Waals surface area (Å²) in [5.74, 6) is -0.940. The summed E-state index contributed by atoms with van der Waals surface area (Å²) in [7, 11) is 1.48. The smallest absolute Gasteiger partial charge is 0.251 e. The maximum Gasteiger partial charge on any atom is 0.251 e. The third-order valence-electron chi connectivity index (χ3n) is 9.86. The number of halogens is 3. The van der Waals surface area contributed by atoms with Crippen molar-refractivity contribution >= 4 is 23.1 Å². The van der Waals surface area contributed by atoms with Crippen LogP contribution < -0.4 is 15.4 Å². The van der Waals surface area contributed by atoms with Crippen LogP contribution in [0.25, 0.3) is 5.57 Å². The summed E-state index contributed by atoms with van der Waals surface area (Å²) in [6.45, 7) is 2.29. The number of rotatable bonds is 6. The Morgan fingerprint density at radius 2 is 1.95 bits per heavy atom. The summed E-state index contributed by atoms with van der Waals surface area (Å²) < 4.78 is 44.8. The predicted octanol–water partition coefficient (Wildman–Crippen LogP) is 5.36. The number of carbonyl (C=O) groups excluding carboxylic acids is 1. The highest BCUT2D eigenvalue weighted by Crippen LogP contribution is 2.59. The summed E-state index contributed by atoms with van der Waals surface area (Å²) in [5, 5.41) is 16.5. The fourth-order valence-corrected chi connectivity index (χ4v) is 7.65. The molecule has 0 aromatic heterocycles. The van der Waals surface area contributed by atoms with Gasteiger partial charge in [0.15, 0.2) is 5.60 Å². The van der Waals surface area contributed by atoms with E-state index >= 15 is 8.78 Å². The zero-order valence-corrected chi connectivity index (χ0v) is 24.4. The third-order valence-corrected chi connectivity index (χ3v) is 10.2. The largest absolute Gasteiger partial charge is 0.494 e. The van der Waals surface area contributed by atoms with Crippen LogP contribution in [-0.4, -0.2) is 48.5 Å². The first-order chi connectivity index (χ1) is 20.1. The monoisotopic (exact) mass is 596 g/mol. The predicted molar refractivity (Wildman–Crippen MR) is 155 cm³/mol. The van der Waals surface area contributed by atoms with Crippen LogP contribution in [0.5, 0.6) is 5.75 Å². The highest BCUT2D eigenvalue weighted by atomic mass is 35.5. The lowest BCUT2D eigenvalue weighted by Crippen LogP contribution is -2.48. The maximum absolute atomic E-state index is 16.6. The van der Waals surface area contributed by atoms with Crippen LogP contribution in [0.2, 0.25) is 5.02 Å². The van der Waals surface area contributed by atoms with Gasteiger partial charge >= 0.3 is 0 Å². The Morgan fingerprint density at radius 3 is 2.67 bits per heavy atom. The Labute approximate surface area is 249 Å². The molecule has 2 aromatic carbocycles. The maximum atomic E-state index is 16.6. The molecule has 3 N–H and O–H groups in total. The van der Waals surface area contributed by atoms with Crippen molar-refractivity contribution in [3.8, 4) is 5.75 Å². The number of benzene rings is 2. The molecule has 0 spiro atoms. The van der Waals surface area contributed by atoms with E-state index in [-0.39, 0.29) is 39.8 Å². The highest BCUT2D eigenvalue weighted by molar-refractivity contribution is 6.33. The van der Waals surface area contributed by atoms with E-state index in [0.29, 0.717) is 42.9 Å². The molecule has 1 amide bonds. The molecular formula is C33H35ClF2N2O4. The van der Waals surface area contributed by atoms with Crippen molar-refractivity contribution in [2.75, 3.05) is 13.6 Å². The molecule has 7 rings (SSSR count). The quantitative estimate of drug-likeness (QED) is 0.418. The van der Waals surface area contributed by atoms with E-state index in [1.165, 1.54) is 13.1 Å². The van der Waals surface area contributed by atoms with E-state index < -0.39 is 35.0 Å². The van der Waals surface area contributed by atoms with Crippen molar-refractivity contribution in [3.63, 3.8) is 0 Å². The lowest BCUT2D eigenvalue weighted by atomic mass is 9.78. The minimum atomic E-state index is -1.59. The summed E-state index contributed by atoms with van der Waals surface area (Å²) in [5.41, 5.74) is 0.294. The van der Waals surface area contributed by atoms with Crippen LogP contribution in [0.4, 0.5) is 8.78 Å². The number of allylic oxidation sites excluding steroid dienone is 2. The lowest BCUT2D eigenvalue weighted by Gasteiger charge is -2.36. The van der Waals surface area contributed by atoms with Gasteiger partial charge in [0.1, 0.15) is 29.6 Å². The number of fused-ring (bicyclic) bond motifs is 4. The molecule has 0 radical (unpaired) electrons. The normalized spacial score (nSPS) is 34.5. The lowest BCUT2D eigenvalue weighted by molar-refractivity contribution is -0.116. The molecule has 5 atom stereocenters. The number of likely N-dealkylation sites (N-methyl/N-ethyl adjacent to an activating group) is 1. The number of alkyl halides is 1. The van der Waals surface area contributed by atoms with Crippen molar-refractivity contribution < 1.29 is 28.2 Å².